The van der Waals surface area contributed by atoms with Crippen molar-refractivity contribution in [3.8, 4) is 11.5 Å². The number of ether oxygens (including phenoxy) is 2. The molecule has 9 heteroatoms. The number of aryl methyl sites for hydroxylation is 1. The molecule has 0 unspecified atom stereocenters. The van der Waals surface area contributed by atoms with Crippen molar-refractivity contribution in [3.63, 3.8) is 0 Å². The molecule has 166 valence electrons. The Morgan fingerprint density at radius 3 is 2.79 bits per heavy atom. The molecule has 9 nitrogen and oxygen atoms in total. The first kappa shape index (κ1) is 20.5. The number of amides is 2. The number of rotatable bonds is 5. The molecule has 5 rings (SSSR count). The van der Waals surface area contributed by atoms with E-state index in [4.69, 9.17) is 9.47 Å². The molecule has 0 bridgehead atoms. The lowest BCUT2D eigenvalue weighted by atomic mass is 10.2. The van der Waals surface area contributed by atoms with Gasteiger partial charge >= 0.3 is 0 Å². The van der Waals surface area contributed by atoms with E-state index in [0.717, 1.165) is 5.52 Å². The molecule has 0 aliphatic carbocycles. The van der Waals surface area contributed by atoms with Crippen molar-refractivity contribution in [3.05, 3.63) is 78.4 Å². The predicted octanol–water partition coefficient (Wildman–Crippen LogP) is 2.68. The fourth-order valence-corrected chi connectivity index (χ4v) is 3.61. The van der Waals surface area contributed by atoms with Gasteiger partial charge in [-0.3, -0.25) is 14.6 Å². The van der Waals surface area contributed by atoms with E-state index in [-0.39, 0.29) is 25.0 Å². The maximum absolute atomic E-state index is 12.6. The van der Waals surface area contributed by atoms with Gasteiger partial charge in [-0.1, -0.05) is 12.1 Å². The summed E-state index contributed by atoms with van der Waals surface area (Å²) in [5.41, 5.74) is 2.68. The second-order valence-electron chi connectivity index (χ2n) is 7.57. The monoisotopic (exact) mass is 443 g/mol. The topological polar surface area (TPSA) is 107 Å². The molecule has 3 heterocycles. The number of carbonyl (C=O) groups is 2. The number of imidazole rings is 1. The minimum Gasteiger partial charge on any atom is -0.485 e. The summed E-state index contributed by atoms with van der Waals surface area (Å²) in [6.45, 7) is 0.369. The van der Waals surface area contributed by atoms with Crippen molar-refractivity contribution in [2.45, 2.75) is 12.6 Å². The Bertz CT molecular complexity index is 1340. The van der Waals surface area contributed by atoms with E-state index in [1.165, 1.54) is 6.20 Å². The Balaban J connectivity index is 1.26. The van der Waals surface area contributed by atoms with Crippen LogP contribution in [-0.4, -0.2) is 39.1 Å². The van der Waals surface area contributed by atoms with Gasteiger partial charge in [0.2, 0.25) is 6.10 Å². The number of nitrogens with zero attached hydrogens (tertiary/aromatic N) is 3. The third-order valence-electron chi connectivity index (χ3n) is 5.38. The average Bonchev–Trinajstić information content (AvgIpc) is 3.17. The molecule has 1 aliphatic heterocycles. The van der Waals surface area contributed by atoms with Crippen molar-refractivity contribution in [2.75, 3.05) is 11.9 Å². The molecule has 33 heavy (non-hydrogen) atoms. The number of para-hydroxylation sites is 2. The van der Waals surface area contributed by atoms with Crippen molar-refractivity contribution < 1.29 is 19.1 Å². The number of fused-ring (bicyclic) bond motifs is 2. The minimum absolute atomic E-state index is 0.144. The Morgan fingerprint density at radius 2 is 1.97 bits per heavy atom. The molecule has 2 aromatic heterocycles. The predicted molar refractivity (Wildman–Crippen MR) is 121 cm³/mol. The average molecular weight is 443 g/mol. The second kappa shape index (κ2) is 8.62. The van der Waals surface area contributed by atoms with Crippen LogP contribution in [0.4, 0.5) is 5.69 Å². The molecule has 4 aromatic rings. The molecule has 2 amide bonds. The van der Waals surface area contributed by atoms with Crippen LogP contribution in [0.2, 0.25) is 0 Å². The van der Waals surface area contributed by atoms with Crippen LogP contribution in [0.3, 0.4) is 0 Å². The SMILES string of the molecule is Cn1c(CNC(=O)[C@@H]2COc3ccccc3O2)nc2cc(NC(=O)c3cccnc3)ccc21. The highest BCUT2D eigenvalue weighted by molar-refractivity contribution is 6.04. The lowest BCUT2D eigenvalue weighted by molar-refractivity contribution is -0.130. The molecule has 0 fully saturated rings. The van der Waals surface area contributed by atoms with E-state index in [2.05, 4.69) is 20.6 Å². The van der Waals surface area contributed by atoms with Gasteiger partial charge in [0.05, 0.1) is 23.1 Å². The van der Waals surface area contributed by atoms with Gasteiger partial charge < -0.3 is 24.7 Å². The van der Waals surface area contributed by atoms with Crippen molar-refractivity contribution in [1.29, 1.82) is 0 Å². The molecule has 2 aromatic carbocycles. The highest BCUT2D eigenvalue weighted by atomic mass is 16.6. The largest absolute Gasteiger partial charge is 0.485 e. The van der Waals surface area contributed by atoms with E-state index >= 15 is 0 Å². The van der Waals surface area contributed by atoms with E-state index in [1.807, 2.05) is 35.9 Å². The zero-order valence-corrected chi connectivity index (χ0v) is 17.8. The highest BCUT2D eigenvalue weighted by Gasteiger charge is 2.27. The van der Waals surface area contributed by atoms with Gasteiger partial charge in [-0.25, -0.2) is 4.98 Å². The van der Waals surface area contributed by atoms with Crippen molar-refractivity contribution in [2.24, 2.45) is 7.05 Å². The van der Waals surface area contributed by atoms with Gasteiger partial charge in [-0.15, -0.1) is 0 Å². The Morgan fingerprint density at radius 1 is 1.12 bits per heavy atom. The van der Waals surface area contributed by atoms with Gasteiger partial charge in [0, 0.05) is 25.1 Å². The van der Waals surface area contributed by atoms with Crippen LogP contribution in [0.15, 0.2) is 67.0 Å². The Labute approximate surface area is 189 Å². The summed E-state index contributed by atoms with van der Waals surface area (Å²) >= 11 is 0. The molecule has 0 saturated carbocycles. The molecule has 1 aliphatic rings. The fourth-order valence-electron chi connectivity index (χ4n) is 3.61. The van der Waals surface area contributed by atoms with E-state index < -0.39 is 6.10 Å². The molecule has 2 N–H and O–H groups in total. The van der Waals surface area contributed by atoms with E-state index in [9.17, 15) is 9.59 Å². The van der Waals surface area contributed by atoms with Crippen molar-refractivity contribution in [1.82, 2.24) is 19.9 Å². The van der Waals surface area contributed by atoms with Gasteiger partial charge in [0.1, 0.15) is 12.4 Å². The third-order valence-corrected chi connectivity index (χ3v) is 5.38. The standard InChI is InChI=1S/C24H21N5O4/c1-29-18-9-8-16(27-23(30)15-5-4-10-25-12-15)11-17(18)28-22(29)13-26-24(31)21-14-32-19-6-2-3-7-20(19)33-21/h2-12,21H,13-14H2,1H3,(H,26,31)(H,27,30)/t21-/m0/s1. The van der Waals surface area contributed by atoms with E-state index in [0.29, 0.717) is 34.1 Å². The smallest absolute Gasteiger partial charge is 0.265 e. The lowest BCUT2D eigenvalue weighted by Crippen LogP contribution is -2.43. The summed E-state index contributed by atoms with van der Waals surface area (Å²) in [6.07, 6.45) is 2.39. The number of hydrogen-bond donors (Lipinski definition) is 2. The maximum atomic E-state index is 12.6. The summed E-state index contributed by atoms with van der Waals surface area (Å²) < 4.78 is 13.3. The third kappa shape index (κ3) is 4.20. The number of aromatic nitrogens is 3. The lowest BCUT2D eigenvalue weighted by Gasteiger charge is -2.25. The molecular weight excluding hydrogens is 422 g/mol. The molecule has 0 saturated heterocycles. The Hall–Kier alpha value is -4.40. The van der Waals surface area contributed by atoms with Crippen molar-refractivity contribution >= 4 is 28.5 Å². The number of carbonyl (C=O) groups excluding carboxylic acids is 2. The highest BCUT2D eigenvalue weighted by Crippen LogP contribution is 2.30. The van der Waals surface area contributed by atoms with Gasteiger partial charge in [-0.2, -0.15) is 0 Å². The zero-order valence-electron chi connectivity index (χ0n) is 17.8. The number of hydrogen-bond acceptors (Lipinski definition) is 6. The summed E-state index contributed by atoms with van der Waals surface area (Å²) in [7, 11) is 1.88. The van der Waals surface area contributed by atoms with Crippen LogP contribution < -0.4 is 20.1 Å². The number of anilines is 1. The zero-order chi connectivity index (χ0) is 22.8. The minimum atomic E-state index is -0.733. The first-order valence-electron chi connectivity index (χ1n) is 10.4. The number of pyridine rings is 1. The normalized spacial score (nSPS) is 14.6. The fraction of sp³-hybridized carbons (Fsp3) is 0.167. The maximum Gasteiger partial charge on any atom is 0.265 e. The molecule has 0 radical (unpaired) electrons. The van der Waals surface area contributed by atoms with Crippen LogP contribution in [0.25, 0.3) is 11.0 Å². The second-order valence-corrected chi connectivity index (χ2v) is 7.57. The van der Waals surface area contributed by atoms with E-state index in [1.54, 1.807) is 36.5 Å². The summed E-state index contributed by atoms with van der Waals surface area (Å²) in [4.78, 5) is 33.6. The molecular formula is C24H21N5O4. The number of benzene rings is 2. The van der Waals surface area contributed by atoms with Crippen LogP contribution in [0.5, 0.6) is 11.5 Å². The molecule has 0 spiro atoms. The van der Waals surface area contributed by atoms with Gasteiger partial charge in [0.15, 0.2) is 11.5 Å². The first-order valence-corrected chi connectivity index (χ1v) is 10.4. The van der Waals surface area contributed by atoms with Crippen LogP contribution >= 0.6 is 0 Å². The van der Waals surface area contributed by atoms with Gasteiger partial charge in [0.25, 0.3) is 11.8 Å². The first-order chi connectivity index (χ1) is 16.1. The van der Waals surface area contributed by atoms with Gasteiger partial charge in [-0.05, 0) is 42.5 Å². The summed E-state index contributed by atoms with van der Waals surface area (Å²) in [5.74, 6) is 1.32. The van der Waals surface area contributed by atoms with Crippen LogP contribution in [-0.2, 0) is 18.4 Å². The van der Waals surface area contributed by atoms with Crippen LogP contribution in [0, 0.1) is 0 Å². The number of nitrogens with one attached hydrogen (secondary N) is 2. The summed E-state index contributed by atoms with van der Waals surface area (Å²) in [6, 6.07) is 16.1. The van der Waals surface area contributed by atoms with Crippen LogP contribution in [0.1, 0.15) is 16.2 Å². The quantitative estimate of drug-likeness (QED) is 0.491. The Kier molecular flexibility index (Phi) is 5.35. The summed E-state index contributed by atoms with van der Waals surface area (Å²) in [5, 5.41) is 5.72. The molecule has 1 atom stereocenters.